The van der Waals surface area contributed by atoms with E-state index >= 15 is 0 Å². The Morgan fingerprint density at radius 3 is 1.81 bits per heavy atom. The van der Waals surface area contributed by atoms with Crippen LogP contribution in [0.15, 0.2) is 91.3 Å². The molecule has 0 bridgehead atoms. The molecule has 340 valence electrons. The number of aliphatic carboxylic acids is 1. The van der Waals surface area contributed by atoms with Crippen molar-refractivity contribution >= 4 is 75.7 Å². The molecule has 0 fully saturated rings. The third-order valence-corrected chi connectivity index (χ3v) is 11.4. The number of amides is 5. The Balaban J connectivity index is 1.32. The maximum atomic E-state index is 14.3. The number of rotatable bonds is 27. The first kappa shape index (κ1) is 48.6. The number of hydrogen-bond donors (Lipinski definition) is 10. The number of carbonyl (C=O) groups is 7. The van der Waals surface area contributed by atoms with Crippen molar-refractivity contribution in [3.63, 3.8) is 0 Å². The van der Waals surface area contributed by atoms with E-state index in [4.69, 9.17) is 5.73 Å². The lowest BCUT2D eigenvalue weighted by Gasteiger charge is -2.24. The maximum Gasteiger partial charge on any atom is 0.327 e. The lowest BCUT2D eigenvalue weighted by atomic mass is 9.91. The van der Waals surface area contributed by atoms with E-state index in [0.29, 0.717) is 24.9 Å². The number of H-pyrrole nitrogens is 2. The van der Waals surface area contributed by atoms with Crippen LogP contribution >= 0.6 is 12.6 Å². The fraction of sp³-hybridized carbons (Fsp3) is 0.383. The van der Waals surface area contributed by atoms with E-state index in [9.17, 15) is 38.7 Å². The molecule has 0 aliphatic carbocycles. The van der Waals surface area contributed by atoms with Crippen LogP contribution in [0, 0.1) is 5.92 Å². The second-order valence-electron chi connectivity index (χ2n) is 15.7. The summed E-state index contributed by atoms with van der Waals surface area (Å²) in [5.41, 5.74) is 9.66. The minimum atomic E-state index is -1.29. The Morgan fingerprint density at radius 2 is 1.17 bits per heavy atom. The molecule has 64 heavy (non-hydrogen) atoms. The van der Waals surface area contributed by atoms with E-state index in [0.717, 1.165) is 58.6 Å². The third-order valence-electron chi connectivity index (χ3n) is 11.0. The molecular formula is C47H58N8O8S. The fourth-order valence-electron chi connectivity index (χ4n) is 7.52. The number of carboxylic acids is 1. The van der Waals surface area contributed by atoms with Crippen LogP contribution in [0.3, 0.4) is 0 Å². The van der Waals surface area contributed by atoms with Crippen molar-refractivity contribution in [1.29, 1.82) is 0 Å². The van der Waals surface area contributed by atoms with Crippen molar-refractivity contribution in [2.24, 2.45) is 11.7 Å². The van der Waals surface area contributed by atoms with Crippen LogP contribution in [0.5, 0.6) is 0 Å². The summed E-state index contributed by atoms with van der Waals surface area (Å²) in [7, 11) is 0. The number of aromatic amines is 2. The summed E-state index contributed by atoms with van der Waals surface area (Å²) in [5, 5.41) is 24.0. The molecule has 2 heterocycles. The van der Waals surface area contributed by atoms with Crippen LogP contribution < -0.4 is 32.3 Å². The molecule has 5 aromatic rings. The molecule has 0 saturated heterocycles. The van der Waals surface area contributed by atoms with Crippen molar-refractivity contribution < 1.29 is 38.7 Å². The number of para-hydroxylation sites is 2. The highest BCUT2D eigenvalue weighted by molar-refractivity contribution is 7.80. The predicted molar refractivity (Wildman–Crippen MR) is 247 cm³/mol. The Morgan fingerprint density at radius 1 is 0.609 bits per heavy atom. The van der Waals surface area contributed by atoms with E-state index in [1.165, 1.54) is 0 Å². The fourth-order valence-corrected chi connectivity index (χ4v) is 7.76. The molecular weight excluding hydrogens is 837 g/mol. The number of nitrogens with two attached hydrogens (primary N) is 1. The van der Waals surface area contributed by atoms with Crippen LogP contribution in [0.1, 0.15) is 61.6 Å². The van der Waals surface area contributed by atoms with E-state index in [-0.39, 0.29) is 37.2 Å². The number of nitrogens with one attached hydrogen (secondary N) is 7. The normalized spacial score (nSPS) is 13.0. The molecule has 3 aromatic carbocycles. The Kier molecular flexibility index (Phi) is 19.0. The van der Waals surface area contributed by atoms with Gasteiger partial charge in [0.05, 0.1) is 13.1 Å². The summed E-state index contributed by atoms with van der Waals surface area (Å²) in [6, 6.07) is 20.5. The zero-order valence-electron chi connectivity index (χ0n) is 35.7. The number of aryl methyl sites for hydroxylation is 1. The summed E-state index contributed by atoms with van der Waals surface area (Å²) < 4.78 is 0. The van der Waals surface area contributed by atoms with Gasteiger partial charge in [-0.25, -0.2) is 4.79 Å². The smallest absolute Gasteiger partial charge is 0.327 e. The van der Waals surface area contributed by atoms with Gasteiger partial charge in [0.25, 0.3) is 0 Å². The first-order valence-electron chi connectivity index (χ1n) is 21.6. The van der Waals surface area contributed by atoms with Crippen LogP contribution in [-0.4, -0.2) is 99.9 Å². The number of benzene rings is 3. The second kappa shape index (κ2) is 25.0. The van der Waals surface area contributed by atoms with Gasteiger partial charge in [-0.3, -0.25) is 28.8 Å². The number of aromatic nitrogens is 2. The Hall–Kier alpha value is -6.46. The van der Waals surface area contributed by atoms with Gasteiger partial charge in [0.1, 0.15) is 29.8 Å². The summed E-state index contributed by atoms with van der Waals surface area (Å²) in [6.45, 7) is -0.492. The van der Waals surface area contributed by atoms with Crippen LogP contribution in [0.2, 0.25) is 0 Å². The highest BCUT2D eigenvalue weighted by atomic mass is 32.1. The second-order valence-corrected chi connectivity index (χ2v) is 16.1. The van der Waals surface area contributed by atoms with Gasteiger partial charge in [0.15, 0.2) is 0 Å². The molecule has 0 spiro atoms. The van der Waals surface area contributed by atoms with Crippen molar-refractivity contribution in [2.45, 2.75) is 82.3 Å². The molecule has 5 rings (SSSR count). The largest absolute Gasteiger partial charge is 0.480 e. The number of unbranched alkanes of at least 4 members (excludes halogenated alkanes) is 4. The molecule has 17 heteroatoms. The summed E-state index contributed by atoms with van der Waals surface area (Å²) >= 11 is 3.96. The molecule has 0 aliphatic rings. The molecule has 0 saturated carbocycles. The summed E-state index contributed by atoms with van der Waals surface area (Å²) in [6.07, 6.45) is 8.62. The van der Waals surface area contributed by atoms with E-state index in [1.807, 2.05) is 85.1 Å². The Labute approximate surface area is 377 Å². The third kappa shape index (κ3) is 14.6. The lowest BCUT2D eigenvalue weighted by Crippen LogP contribution is -2.56. The maximum absolute atomic E-state index is 14.3. The van der Waals surface area contributed by atoms with Crippen molar-refractivity contribution in [1.82, 2.24) is 36.6 Å². The van der Waals surface area contributed by atoms with Crippen molar-refractivity contribution in [3.05, 3.63) is 108 Å². The standard InChI is InChI=1S/C47H58N8O8S/c48-22-12-3-1-2-7-19-41(56)35(23-30-13-5-4-6-14-30)44(59)51-27-42(57)53-38(21-20-31-25-49-36-17-10-8-15-33(31)36)46(61)55-39(24-32-26-50-37-18-11-9-16-34(32)37)45(60)52-28-43(58)54-40(29-64)47(62)63/h4-6,8-11,13-18,25-26,35,38-40,49-50,64H,1-3,7,12,19-24,27-29,48H2,(H,51,59)(H,52,60)(H,53,57)(H,54,58)(H,55,61)(H,62,63)/t35-,38+,39+,40+/m1/s1. The summed E-state index contributed by atoms with van der Waals surface area (Å²) in [5.74, 6) is -6.22. The van der Waals surface area contributed by atoms with Gasteiger partial charge in [0.2, 0.25) is 29.5 Å². The zero-order valence-corrected chi connectivity index (χ0v) is 36.6. The highest BCUT2D eigenvalue weighted by Gasteiger charge is 2.30. The minimum absolute atomic E-state index is 0.0126. The van der Waals surface area contributed by atoms with Crippen LogP contribution in [0.25, 0.3) is 21.8 Å². The minimum Gasteiger partial charge on any atom is -0.480 e. The van der Waals surface area contributed by atoms with Gasteiger partial charge in [-0.15, -0.1) is 0 Å². The number of thiol groups is 1. The van der Waals surface area contributed by atoms with E-state index in [2.05, 4.69) is 49.2 Å². The number of hydrogen-bond acceptors (Lipinski definition) is 9. The predicted octanol–water partition coefficient (Wildman–Crippen LogP) is 3.25. The van der Waals surface area contributed by atoms with Gasteiger partial charge < -0.3 is 47.4 Å². The average Bonchev–Trinajstić information content (AvgIpc) is 3.92. The van der Waals surface area contributed by atoms with Crippen molar-refractivity contribution in [2.75, 3.05) is 25.4 Å². The molecule has 0 unspecified atom stereocenters. The molecule has 0 aliphatic heterocycles. The topological polar surface area (TPSA) is 257 Å². The number of carboxylic acid groups (broad SMARTS) is 1. The number of carbonyl (C=O) groups excluding carboxylic acids is 6. The SMILES string of the molecule is NCCCCCCCC(=O)[C@@H](Cc1ccccc1)C(=O)NCC(=O)N[C@@H](CCc1c[nH]c2ccccc12)C(=O)N[C@@H](Cc1c[nH]c2ccccc12)C(=O)NCC(=O)N[C@@H](CS)C(=O)O. The van der Waals surface area contributed by atoms with Crippen LogP contribution in [0.4, 0.5) is 0 Å². The molecule has 5 amide bonds. The van der Waals surface area contributed by atoms with Gasteiger partial charge >= 0.3 is 5.97 Å². The first-order chi connectivity index (χ1) is 31.0. The number of fused-ring (bicyclic) bond motifs is 2. The van der Waals surface area contributed by atoms with Gasteiger partial charge in [0, 0.05) is 52.8 Å². The van der Waals surface area contributed by atoms with Gasteiger partial charge in [-0.1, -0.05) is 86.0 Å². The van der Waals surface area contributed by atoms with E-state index < -0.39 is 72.6 Å². The summed E-state index contributed by atoms with van der Waals surface area (Å²) in [4.78, 5) is 99.4. The number of Topliss-reactive ketones (excluding diaryl/α,β-unsaturated/α-hetero) is 1. The van der Waals surface area contributed by atoms with Crippen LogP contribution in [-0.2, 0) is 52.8 Å². The van der Waals surface area contributed by atoms with E-state index in [1.54, 1.807) is 6.20 Å². The first-order valence-corrected chi connectivity index (χ1v) is 22.3. The Bertz CT molecular complexity index is 2370. The average molecular weight is 895 g/mol. The van der Waals surface area contributed by atoms with Crippen molar-refractivity contribution in [3.8, 4) is 0 Å². The quantitative estimate of drug-likeness (QED) is 0.0211. The molecule has 2 aromatic heterocycles. The zero-order chi connectivity index (χ0) is 45.8. The molecule has 0 radical (unpaired) electrons. The molecule has 4 atom stereocenters. The molecule has 16 nitrogen and oxygen atoms in total. The highest BCUT2D eigenvalue weighted by Crippen LogP contribution is 2.22. The monoisotopic (exact) mass is 894 g/mol. The number of ketones is 1. The van der Waals surface area contributed by atoms with Gasteiger partial charge in [-0.05, 0) is 67.5 Å². The molecule has 10 N–H and O–H groups in total. The van der Waals surface area contributed by atoms with Gasteiger partial charge in [-0.2, -0.15) is 12.6 Å². The lowest BCUT2D eigenvalue weighted by molar-refractivity contribution is -0.141.